The third kappa shape index (κ3) is 8.54. The number of unbranched alkanes of at least 4 members (excludes halogenated alkanes) is 6. The Morgan fingerprint density at radius 3 is 1.95 bits per heavy atom. The van der Waals surface area contributed by atoms with Gasteiger partial charge in [0.2, 0.25) is 0 Å². The molecule has 2 rings (SSSR count). The van der Waals surface area contributed by atoms with Gasteiger partial charge in [0.15, 0.2) is 0 Å². The van der Waals surface area contributed by atoms with Gasteiger partial charge in [-0.2, -0.15) is 0 Å². The SMILES string of the molecule is CCCCCCCCCC(=O)ON=C(CCC(C)C)c1cc(OC)c2c(OC)ccc(OC)c2c1OC. The van der Waals surface area contributed by atoms with Crippen LogP contribution in [0.25, 0.3) is 10.8 Å². The molecule has 0 atom stereocenters. The highest BCUT2D eigenvalue weighted by Gasteiger charge is 2.24. The second kappa shape index (κ2) is 16.0. The average molecular weight is 516 g/mol. The van der Waals surface area contributed by atoms with Crippen molar-refractivity contribution >= 4 is 22.5 Å². The fourth-order valence-corrected chi connectivity index (χ4v) is 4.40. The first kappa shape index (κ1) is 30.3. The van der Waals surface area contributed by atoms with Gasteiger partial charge >= 0.3 is 5.97 Å². The second-order valence-corrected chi connectivity index (χ2v) is 9.68. The number of nitrogens with zero attached hydrogens (tertiary/aromatic N) is 1. The lowest BCUT2D eigenvalue weighted by Gasteiger charge is -2.20. The van der Waals surface area contributed by atoms with Crippen molar-refractivity contribution in [1.29, 1.82) is 0 Å². The first-order valence-corrected chi connectivity index (χ1v) is 13.5. The van der Waals surface area contributed by atoms with Crippen LogP contribution in [0.1, 0.15) is 90.5 Å². The van der Waals surface area contributed by atoms with Crippen LogP contribution < -0.4 is 18.9 Å². The van der Waals surface area contributed by atoms with E-state index in [1.54, 1.807) is 28.4 Å². The molecule has 0 saturated carbocycles. The van der Waals surface area contributed by atoms with Crippen LogP contribution >= 0.6 is 0 Å². The van der Waals surface area contributed by atoms with Crippen molar-refractivity contribution in [2.75, 3.05) is 28.4 Å². The summed E-state index contributed by atoms with van der Waals surface area (Å²) in [5.74, 6) is 2.54. The highest BCUT2D eigenvalue weighted by Crippen LogP contribution is 2.46. The number of fused-ring (bicyclic) bond motifs is 1. The minimum atomic E-state index is -0.318. The average Bonchev–Trinajstić information content (AvgIpc) is 2.90. The molecule has 0 spiro atoms. The largest absolute Gasteiger partial charge is 0.496 e. The Labute approximate surface area is 222 Å². The zero-order chi connectivity index (χ0) is 27.2. The molecule has 0 saturated heterocycles. The van der Waals surface area contributed by atoms with E-state index in [0.29, 0.717) is 58.4 Å². The third-order valence-electron chi connectivity index (χ3n) is 6.50. The molecule has 206 valence electrons. The van der Waals surface area contributed by atoms with Gasteiger partial charge in [-0.05, 0) is 43.4 Å². The molecule has 7 heteroatoms. The Hall–Kier alpha value is -2.96. The molecule has 0 heterocycles. The molecule has 0 bridgehead atoms. The normalized spacial score (nSPS) is 11.6. The number of carbonyl (C=O) groups is 1. The maximum absolute atomic E-state index is 12.5. The van der Waals surface area contributed by atoms with Crippen molar-refractivity contribution < 1.29 is 28.6 Å². The number of hydrogen-bond donors (Lipinski definition) is 0. The summed E-state index contributed by atoms with van der Waals surface area (Å²) in [7, 11) is 6.44. The maximum Gasteiger partial charge on any atom is 0.335 e. The predicted molar refractivity (Wildman–Crippen MR) is 149 cm³/mol. The number of methoxy groups -OCH3 is 4. The van der Waals surface area contributed by atoms with Crippen LogP contribution in [0.5, 0.6) is 23.0 Å². The van der Waals surface area contributed by atoms with Gasteiger partial charge < -0.3 is 23.8 Å². The van der Waals surface area contributed by atoms with Crippen molar-refractivity contribution in [2.45, 2.75) is 85.0 Å². The summed E-state index contributed by atoms with van der Waals surface area (Å²) in [6.07, 6.45) is 9.82. The van der Waals surface area contributed by atoms with Crippen LogP contribution in [-0.4, -0.2) is 40.1 Å². The lowest BCUT2D eigenvalue weighted by Crippen LogP contribution is -2.10. The zero-order valence-electron chi connectivity index (χ0n) is 23.8. The van der Waals surface area contributed by atoms with Crippen molar-refractivity contribution in [1.82, 2.24) is 0 Å². The van der Waals surface area contributed by atoms with E-state index in [-0.39, 0.29) is 5.97 Å². The van der Waals surface area contributed by atoms with Crippen molar-refractivity contribution in [3.05, 3.63) is 23.8 Å². The first-order valence-electron chi connectivity index (χ1n) is 13.5. The van der Waals surface area contributed by atoms with Crippen molar-refractivity contribution in [3.63, 3.8) is 0 Å². The third-order valence-corrected chi connectivity index (χ3v) is 6.50. The lowest BCUT2D eigenvalue weighted by molar-refractivity contribution is -0.143. The number of oxime groups is 1. The standard InChI is InChI=1S/C30H45NO6/c1-8-9-10-11-12-13-14-15-27(32)37-31-23(17-16-21(2)3)22-20-26(35-6)28-24(33-4)18-19-25(34-5)29(28)30(22)36-7/h18-21H,8-17H2,1-7H3. The van der Waals surface area contributed by atoms with Crippen molar-refractivity contribution in [3.8, 4) is 23.0 Å². The van der Waals surface area contributed by atoms with E-state index in [1.165, 1.54) is 25.7 Å². The smallest absolute Gasteiger partial charge is 0.335 e. The number of rotatable bonds is 17. The fourth-order valence-electron chi connectivity index (χ4n) is 4.40. The predicted octanol–water partition coefficient (Wildman–Crippen LogP) is 7.70. The summed E-state index contributed by atoms with van der Waals surface area (Å²) >= 11 is 0. The van der Waals surface area contributed by atoms with Gasteiger partial charge in [-0.3, -0.25) is 0 Å². The second-order valence-electron chi connectivity index (χ2n) is 9.68. The van der Waals surface area contributed by atoms with Gasteiger partial charge in [-0.25, -0.2) is 4.79 Å². The molecule has 0 aromatic heterocycles. The molecule has 0 amide bonds. The summed E-state index contributed by atoms with van der Waals surface area (Å²) in [5, 5.41) is 5.81. The summed E-state index contributed by atoms with van der Waals surface area (Å²) < 4.78 is 22.9. The van der Waals surface area contributed by atoms with E-state index in [0.717, 1.165) is 31.1 Å². The van der Waals surface area contributed by atoms with Crippen LogP contribution in [0.15, 0.2) is 23.4 Å². The molecule has 0 aliphatic carbocycles. The van der Waals surface area contributed by atoms with Gasteiger partial charge in [-0.1, -0.05) is 64.5 Å². The van der Waals surface area contributed by atoms with E-state index >= 15 is 0 Å². The monoisotopic (exact) mass is 515 g/mol. The molecule has 37 heavy (non-hydrogen) atoms. The number of benzene rings is 2. The Kier molecular flexibility index (Phi) is 13.1. The quantitative estimate of drug-likeness (QED) is 0.0930. The van der Waals surface area contributed by atoms with Crippen molar-refractivity contribution in [2.24, 2.45) is 11.1 Å². The summed E-state index contributed by atoms with van der Waals surface area (Å²) in [6, 6.07) is 5.54. The molecule has 0 aliphatic heterocycles. The van der Waals surface area contributed by atoms with Gasteiger partial charge in [0, 0.05) is 12.0 Å². The molecule has 2 aromatic rings. The van der Waals surface area contributed by atoms with E-state index in [9.17, 15) is 4.79 Å². The Morgan fingerprint density at radius 2 is 1.38 bits per heavy atom. The molecule has 0 unspecified atom stereocenters. The van der Waals surface area contributed by atoms with Gasteiger partial charge in [0.25, 0.3) is 0 Å². The minimum Gasteiger partial charge on any atom is -0.496 e. The summed E-state index contributed by atoms with van der Waals surface area (Å²) in [6.45, 7) is 6.51. The molecule has 7 nitrogen and oxygen atoms in total. The molecular weight excluding hydrogens is 470 g/mol. The van der Waals surface area contributed by atoms with Crippen LogP contribution in [0.2, 0.25) is 0 Å². The highest BCUT2D eigenvalue weighted by atomic mass is 16.7. The summed E-state index contributed by atoms with van der Waals surface area (Å²) in [5.41, 5.74) is 1.33. The minimum absolute atomic E-state index is 0.318. The van der Waals surface area contributed by atoms with E-state index in [4.69, 9.17) is 23.8 Å². The first-order chi connectivity index (χ1) is 17.9. The molecule has 0 aliphatic rings. The number of hydrogen-bond acceptors (Lipinski definition) is 7. The van der Waals surface area contributed by atoms with Crippen LogP contribution in [0, 0.1) is 5.92 Å². The van der Waals surface area contributed by atoms with E-state index in [1.807, 2.05) is 18.2 Å². The Morgan fingerprint density at radius 1 is 0.784 bits per heavy atom. The number of ether oxygens (including phenoxy) is 4. The number of carbonyl (C=O) groups excluding carboxylic acids is 1. The molecule has 0 fully saturated rings. The lowest BCUT2D eigenvalue weighted by atomic mass is 9.95. The fraction of sp³-hybridized carbons (Fsp3) is 0.600. The molecular formula is C30H45NO6. The van der Waals surface area contributed by atoms with Crippen LogP contribution in [0.3, 0.4) is 0 Å². The van der Waals surface area contributed by atoms with Crippen LogP contribution in [0.4, 0.5) is 0 Å². The molecule has 2 aromatic carbocycles. The zero-order valence-corrected chi connectivity index (χ0v) is 23.8. The highest BCUT2D eigenvalue weighted by molar-refractivity contribution is 6.12. The molecule has 0 radical (unpaired) electrons. The maximum atomic E-state index is 12.5. The van der Waals surface area contributed by atoms with Gasteiger partial charge in [-0.15, -0.1) is 0 Å². The summed E-state index contributed by atoms with van der Waals surface area (Å²) in [4.78, 5) is 17.9. The van der Waals surface area contributed by atoms with Crippen LogP contribution in [-0.2, 0) is 9.63 Å². The Balaban J connectivity index is 2.39. The Bertz CT molecular complexity index is 1030. The topological polar surface area (TPSA) is 75.6 Å². The van der Waals surface area contributed by atoms with E-state index < -0.39 is 0 Å². The van der Waals surface area contributed by atoms with E-state index in [2.05, 4.69) is 25.9 Å². The van der Waals surface area contributed by atoms with Gasteiger partial charge in [0.1, 0.15) is 23.0 Å². The molecule has 0 N–H and O–H groups in total. The van der Waals surface area contributed by atoms with Gasteiger partial charge in [0.05, 0.1) is 44.9 Å².